The van der Waals surface area contributed by atoms with Gasteiger partial charge in [0.2, 0.25) is 0 Å². The van der Waals surface area contributed by atoms with Crippen molar-refractivity contribution in [1.29, 1.82) is 0 Å². The van der Waals surface area contributed by atoms with E-state index in [1.165, 1.54) is 0 Å². The molecule has 0 aliphatic carbocycles. The Kier molecular flexibility index (Phi) is 8.95. The van der Waals surface area contributed by atoms with Gasteiger partial charge in [0.15, 0.2) is 17.5 Å². The summed E-state index contributed by atoms with van der Waals surface area (Å²) in [5, 5.41) is 6.60. The molecule has 0 aromatic heterocycles. The monoisotopic (exact) mass is 321 g/mol. The topological polar surface area (TPSA) is 54.9 Å². The van der Waals surface area contributed by atoms with Gasteiger partial charge in [0, 0.05) is 13.1 Å². The summed E-state index contributed by atoms with van der Waals surface area (Å²) in [5.41, 5.74) is 1.09. The van der Waals surface area contributed by atoms with Crippen LogP contribution in [0.15, 0.2) is 23.2 Å². The molecule has 0 aliphatic rings. The number of hydrogen-bond acceptors (Lipinski definition) is 3. The zero-order valence-corrected chi connectivity index (χ0v) is 15.1. The van der Waals surface area contributed by atoms with Gasteiger partial charge < -0.3 is 20.1 Å². The summed E-state index contributed by atoms with van der Waals surface area (Å²) in [4.78, 5) is 4.62. The molecule has 5 heteroatoms. The van der Waals surface area contributed by atoms with E-state index in [1.54, 1.807) is 7.11 Å². The van der Waals surface area contributed by atoms with Gasteiger partial charge in [-0.05, 0) is 37.0 Å². The smallest absolute Gasteiger partial charge is 0.191 e. The molecule has 1 aromatic carbocycles. The lowest BCUT2D eigenvalue weighted by Gasteiger charge is -2.14. The molecule has 0 spiro atoms. The normalized spacial score (nSPS) is 11.5. The number of hydrogen-bond donors (Lipinski definition) is 2. The first kappa shape index (κ1) is 19.1. The lowest BCUT2D eigenvalue weighted by atomic mass is 10.2. The van der Waals surface area contributed by atoms with Crippen LogP contribution in [0, 0.1) is 5.92 Å². The highest BCUT2D eigenvalue weighted by Crippen LogP contribution is 2.28. The van der Waals surface area contributed by atoms with Crippen molar-refractivity contribution < 1.29 is 9.47 Å². The summed E-state index contributed by atoms with van der Waals surface area (Å²) < 4.78 is 11.1. The highest BCUT2D eigenvalue weighted by atomic mass is 16.5. The molecule has 0 aliphatic heterocycles. The Labute approximate surface area is 140 Å². The fourth-order valence-electron chi connectivity index (χ4n) is 1.95. The van der Waals surface area contributed by atoms with Gasteiger partial charge in [-0.2, -0.15) is 0 Å². The molecule has 130 valence electrons. The van der Waals surface area contributed by atoms with E-state index >= 15 is 0 Å². The molecule has 0 bridgehead atoms. The Bertz CT molecular complexity index is 487. The third kappa shape index (κ3) is 7.26. The van der Waals surface area contributed by atoms with Crippen LogP contribution in [-0.2, 0) is 6.54 Å². The first-order valence-corrected chi connectivity index (χ1v) is 8.42. The average Bonchev–Trinajstić information content (AvgIpc) is 2.55. The van der Waals surface area contributed by atoms with Crippen LogP contribution < -0.4 is 20.1 Å². The van der Waals surface area contributed by atoms with Crippen molar-refractivity contribution in [2.24, 2.45) is 10.9 Å². The lowest BCUT2D eigenvalue weighted by Crippen LogP contribution is -2.39. The van der Waals surface area contributed by atoms with Crippen LogP contribution in [0.25, 0.3) is 0 Å². The van der Waals surface area contributed by atoms with Gasteiger partial charge in [-0.3, -0.25) is 0 Å². The number of ether oxygens (including phenoxy) is 2. The first-order chi connectivity index (χ1) is 11.1. The minimum absolute atomic E-state index is 0.578. The number of aliphatic imine (C=N–C) groups is 1. The number of benzene rings is 1. The first-order valence-electron chi connectivity index (χ1n) is 8.42. The molecular formula is C18H31N3O2. The largest absolute Gasteiger partial charge is 0.493 e. The van der Waals surface area contributed by atoms with Crippen LogP contribution in [0.2, 0.25) is 0 Å². The van der Waals surface area contributed by atoms with Gasteiger partial charge >= 0.3 is 0 Å². The van der Waals surface area contributed by atoms with Crippen molar-refractivity contribution in [2.45, 2.75) is 40.7 Å². The minimum Gasteiger partial charge on any atom is -0.493 e. The zero-order chi connectivity index (χ0) is 17.1. The number of nitrogens with one attached hydrogen (secondary N) is 2. The Morgan fingerprint density at radius 1 is 1.17 bits per heavy atom. The van der Waals surface area contributed by atoms with E-state index in [0.29, 0.717) is 19.1 Å². The van der Waals surface area contributed by atoms with E-state index in [0.717, 1.165) is 42.5 Å². The molecule has 1 rings (SSSR count). The number of rotatable bonds is 9. The average molecular weight is 321 g/mol. The highest BCUT2D eigenvalue weighted by molar-refractivity contribution is 5.79. The molecule has 0 unspecified atom stereocenters. The fourth-order valence-corrected chi connectivity index (χ4v) is 1.95. The number of methoxy groups -OCH3 is 1. The van der Waals surface area contributed by atoms with Gasteiger partial charge in [0.05, 0.1) is 20.3 Å². The minimum atomic E-state index is 0.578. The van der Waals surface area contributed by atoms with Gasteiger partial charge in [0.25, 0.3) is 0 Å². The van der Waals surface area contributed by atoms with Crippen LogP contribution in [0.5, 0.6) is 11.5 Å². The molecule has 0 saturated heterocycles. The maximum atomic E-state index is 5.68. The molecule has 0 fully saturated rings. The molecule has 5 nitrogen and oxygen atoms in total. The second-order valence-corrected chi connectivity index (χ2v) is 5.80. The second kappa shape index (κ2) is 10.8. The number of guanidine groups is 1. The lowest BCUT2D eigenvalue weighted by molar-refractivity contribution is 0.294. The quantitative estimate of drug-likeness (QED) is 0.542. The maximum Gasteiger partial charge on any atom is 0.191 e. The molecule has 0 heterocycles. The van der Waals surface area contributed by atoms with Crippen LogP contribution in [0.3, 0.4) is 0 Å². The van der Waals surface area contributed by atoms with Crippen LogP contribution in [0.4, 0.5) is 0 Å². The van der Waals surface area contributed by atoms with E-state index in [4.69, 9.17) is 9.47 Å². The summed E-state index contributed by atoms with van der Waals surface area (Å²) in [6.07, 6.45) is 0.975. The summed E-state index contributed by atoms with van der Waals surface area (Å²) in [6, 6.07) is 5.97. The third-order valence-corrected chi connectivity index (χ3v) is 3.13. The Hall–Kier alpha value is -1.91. The van der Waals surface area contributed by atoms with Crippen molar-refractivity contribution in [2.75, 3.05) is 26.8 Å². The Morgan fingerprint density at radius 2 is 1.96 bits per heavy atom. The van der Waals surface area contributed by atoms with Gasteiger partial charge in [-0.25, -0.2) is 4.99 Å². The third-order valence-electron chi connectivity index (χ3n) is 3.13. The molecule has 0 saturated carbocycles. The summed E-state index contributed by atoms with van der Waals surface area (Å²) in [7, 11) is 1.66. The SMILES string of the molecule is CCCOc1ccc(CN=C(NCC)NCC(C)C)cc1OC. The van der Waals surface area contributed by atoms with Gasteiger partial charge in [-0.15, -0.1) is 0 Å². The van der Waals surface area contributed by atoms with Gasteiger partial charge in [-0.1, -0.05) is 26.8 Å². The zero-order valence-electron chi connectivity index (χ0n) is 15.1. The molecule has 0 radical (unpaired) electrons. The molecular weight excluding hydrogens is 290 g/mol. The predicted molar refractivity (Wildman–Crippen MR) is 96.4 cm³/mol. The van der Waals surface area contributed by atoms with Crippen LogP contribution in [0.1, 0.15) is 39.7 Å². The van der Waals surface area contributed by atoms with Crippen molar-refractivity contribution >= 4 is 5.96 Å². The Morgan fingerprint density at radius 3 is 2.57 bits per heavy atom. The van der Waals surface area contributed by atoms with E-state index in [9.17, 15) is 0 Å². The Balaban J connectivity index is 2.75. The number of nitrogens with zero attached hydrogens (tertiary/aromatic N) is 1. The molecule has 1 aromatic rings. The summed E-state index contributed by atoms with van der Waals surface area (Å²) in [6.45, 7) is 11.5. The molecule has 23 heavy (non-hydrogen) atoms. The fraction of sp³-hybridized carbons (Fsp3) is 0.611. The standard InChI is InChI=1S/C18H31N3O2/c1-6-10-23-16-9-8-15(11-17(16)22-5)13-21-18(19-7-2)20-12-14(3)4/h8-9,11,14H,6-7,10,12-13H2,1-5H3,(H2,19,20,21). The predicted octanol–water partition coefficient (Wildman–Crippen LogP) is 3.20. The van der Waals surface area contributed by atoms with E-state index in [-0.39, 0.29) is 0 Å². The van der Waals surface area contributed by atoms with E-state index in [1.807, 2.05) is 18.2 Å². The van der Waals surface area contributed by atoms with Crippen molar-refractivity contribution in [3.63, 3.8) is 0 Å². The molecule has 0 amide bonds. The van der Waals surface area contributed by atoms with Crippen LogP contribution in [-0.4, -0.2) is 32.8 Å². The van der Waals surface area contributed by atoms with Gasteiger partial charge in [0.1, 0.15) is 0 Å². The molecule has 0 atom stereocenters. The van der Waals surface area contributed by atoms with E-state index < -0.39 is 0 Å². The van der Waals surface area contributed by atoms with Crippen molar-refractivity contribution in [3.05, 3.63) is 23.8 Å². The maximum absolute atomic E-state index is 5.68. The molecule has 2 N–H and O–H groups in total. The highest BCUT2D eigenvalue weighted by Gasteiger charge is 2.06. The summed E-state index contributed by atoms with van der Waals surface area (Å²) in [5.74, 6) is 2.96. The summed E-state index contributed by atoms with van der Waals surface area (Å²) >= 11 is 0. The van der Waals surface area contributed by atoms with Crippen molar-refractivity contribution in [3.8, 4) is 11.5 Å². The van der Waals surface area contributed by atoms with Crippen LogP contribution >= 0.6 is 0 Å². The van der Waals surface area contributed by atoms with E-state index in [2.05, 4.69) is 43.3 Å². The second-order valence-electron chi connectivity index (χ2n) is 5.80. The van der Waals surface area contributed by atoms with Crippen molar-refractivity contribution in [1.82, 2.24) is 10.6 Å².